The summed E-state index contributed by atoms with van der Waals surface area (Å²) in [6.07, 6.45) is 3.55. The van der Waals surface area contributed by atoms with Crippen LogP contribution in [0.3, 0.4) is 0 Å². The van der Waals surface area contributed by atoms with Crippen molar-refractivity contribution >= 4 is 11.4 Å². The molecule has 0 bridgehead atoms. The van der Waals surface area contributed by atoms with Crippen LogP contribution in [0.15, 0.2) is 72.8 Å². The number of piperidine rings is 1. The first-order valence-corrected chi connectivity index (χ1v) is 10.6. The van der Waals surface area contributed by atoms with Crippen molar-refractivity contribution in [3.63, 3.8) is 0 Å². The van der Waals surface area contributed by atoms with Gasteiger partial charge in [-0.05, 0) is 47.6 Å². The quantitative estimate of drug-likeness (QED) is 0.608. The summed E-state index contributed by atoms with van der Waals surface area (Å²) < 4.78 is 0. The van der Waals surface area contributed by atoms with E-state index < -0.39 is 0 Å². The minimum atomic E-state index is 0.599. The van der Waals surface area contributed by atoms with E-state index in [1.165, 1.54) is 41.0 Å². The summed E-state index contributed by atoms with van der Waals surface area (Å²) in [5.74, 6) is 0.610. The molecule has 3 aliphatic rings. The number of nitrogens with zero attached hydrogens (tertiary/aromatic N) is 2. The predicted molar refractivity (Wildman–Crippen MR) is 115 cm³/mol. The van der Waals surface area contributed by atoms with Gasteiger partial charge >= 0.3 is 0 Å². The van der Waals surface area contributed by atoms with Crippen molar-refractivity contribution < 1.29 is 0 Å². The van der Waals surface area contributed by atoms with E-state index in [-0.39, 0.29) is 0 Å². The van der Waals surface area contributed by atoms with Gasteiger partial charge in [-0.25, -0.2) is 0 Å². The molecule has 0 unspecified atom stereocenters. The SMILES string of the molecule is c1ccc(CN2CC[C@@H]3[C@@H](C2)c2cccc4c2N3c2ccccc2CC4)cc1. The molecule has 2 atom stereocenters. The van der Waals surface area contributed by atoms with Gasteiger partial charge in [0.2, 0.25) is 0 Å². The molecule has 0 spiro atoms. The molecule has 1 fully saturated rings. The fraction of sp³-hybridized carbons (Fsp3) is 0.308. The van der Waals surface area contributed by atoms with Crippen LogP contribution in [0.5, 0.6) is 0 Å². The van der Waals surface area contributed by atoms with Crippen LogP contribution >= 0.6 is 0 Å². The number of benzene rings is 3. The molecule has 0 aromatic heterocycles. The largest absolute Gasteiger partial charge is 0.337 e. The van der Waals surface area contributed by atoms with Gasteiger partial charge in [-0.1, -0.05) is 66.7 Å². The Balaban J connectivity index is 1.39. The summed E-state index contributed by atoms with van der Waals surface area (Å²) in [5, 5.41) is 0. The second-order valence-corrected chi connectivity index (χ2v) is 8.54. The second-order valence-electron chi connectivity index (χ2n) is 8.54. The molecule has 0 saturated carbocycles. The summed E-state index contributed by atoms with van der Waals surface area (Å²) in [6, 6.07) is 27.7. The highest BCUT2D eigenvalue weighted by atomic mass is 15.2. The molecule has 1 saturated heterocycles. The van der Waals surface area contributed by atoms with Crippen LogP contribution in [0.25, 0.3) is 0 Å². The maximum Gasteiger partial charge on any atom is 0.0483 e. The fourth-order valence-corrected chi connectivity index (χ4v) is 5.70. The van der Waals surface area contributed by atoms with Gasteiger partial charge < -0.3 is 4.90 Å². The van der Waals surface area contributed by atoms with Crippen molar-refractivity contribution in [3.05, 3.63) is 95.1 Å². The van der Waals surface area contributed by atoms with Gasteiger partial charge in [0.05, 0.1) is 0 Å². The number of anilines is 2. The van der Waals surface area contributed by atoms with Crippen LogP contribution in [0.4, 0.5) is 11.4 Å². The minimum Gasteiger partial charge on any atom is -0.337 e. The van der Waals surface area contributed by atoms with Gasteiger partial charge in [-0.3, -0.25) is 4.90 Å². The maximum atomic E-state index is 2.72. The van der Waals surface area contributed by atoms with Crippen LogP contribution in [-0.2, 0) is 19.4 Å². The smallest absolute Gasteiger partial charge is 0.0483 e. The Kier molecular flexibility index (Phi) is 3.80. The van der Waals surface area contributed by atoms with Crippen molar-refractivity contribution in [2.75, 3.05) is 18.0 Å². The van der Waals surface area contributed by atoms with E-state index in [0.717, 1.165) is 25.9 Å². The van der Waals surface area contributed by atoms with Gasteiger partial charge in [-0.2, -0.15) is 0 Å². The summed E-state index contributed by atoms with van der Waals surface area (Å²) in [6.45, 7) is 3.41. The zero-order chi connectivity index (χ0) is 18.5. The van der Waals surface area contributed by atoms with Gasteiger partial charge in [0, 0.05) is 43.0 Å². The minimum absolute atomic E-state index is 0.599. The summed E-state index contributed by atoms with van der Waals surface area (Å²) in [4.78, 5) is 5.38. The molecule has 6 rings (SSSR count). The fourth-order valence-electron chi connectivity index (χ4n) is 5.70. The van der Waals surface area contributed by atoms with Crippen LogP contribution in [0.2, 0.25) is 0 Å². The van der Waals surface area contributed by atoms with E-state index in [2.05, 4.69) is 82.6 Å². The van der Waals surface area contributed by atoms with E-state index in [4.69, 9.17) is 0 Å². The van der Waals surface area contributed by atoms with Crippen LogP contribution in [0, 0.1) is 0 Å². The third-order valence-electron chi connectivity index (χ3n) is 6.95. The molecule has 28 heavy (non-hydrogen) atoms. The molecular weight excluding hydrogens is 340 g/mol. The number of fused-ring (bicyclic) bond motifs is 5. The monoisotopic (exact) mass is 366 g/mol. The summed E-state index contributed by atoms with van der Waals surface area (Å²) in [5.41, 5.74) is 9.05. The topological polar surface area (TPSA) is 6.48 Å². The lowest BCUT2D eigenvalue weighted by molar-refractivity contribution is 0.189. The van der Waals surface area contributed by atoms with E-state index in [1.54, 1.807) is 5.56 Å². The lowest BCUT2D eigenvalue weighted by Crippen LogP contribution is -2.44. The molecule has 0 radical (unpaired) electrons. The van der Waals surface area contributed by atoms with Crippen molar-refractivity contribution in [2.24, 2.45) is 0 Å². The number of likely N-dealkylation sites (tertiary alicyclic amines) is 1. The lowest BCUT2D eigenvalue weighted by atomic mass is 9.87. The molecule has 140 valence electrons. The highest BCUT2D eigenvalue weighted by molar-refractivity contribution is 5.79. The van der Waals surface area contributed by atoms with E-state index in [1.807, 2.05) is 0 Å². The summed E-state index contributed by atoms with van der Waals surface area (Å²) >= 11 is 0. The first-order valence-electron chi connectivity index (χ1n) is 10.6. The zero-order valence-corrected chi connectivity index (χ0v) is 16.2. The number of hydrogen-bond acceptors (Lipinski definition) is 2. The Morgan fingerprint density at radius 3 is 2.50 bits per heavy atom. The highest BCUT2D eigenvalue weighted by Crippen LogP contribution is 2.52. The molecular formula is C26H26N2. The van der Waals surface area contributed by atoms with Crippen molar-refractivity contribution in [2.45, 2.75) is 37.8 Å². The molecule has 2 nitrogen and oxygen atoms in total. The first-order chi connectivity index (χ1) is 13.9. The Labute approximate surface area is 167 Å². The number of aryl methyl sites for hydroxylation is 2. The van der Waals surface area contributed by atoms with Gasteiger partial charge in [0.1, 0.15) is 0 Å². The molecule has 3 aliphatic heterocycles. The van der Waals surface area contributed by atoms with Gasteiger partial charge in [0.15, 0.2) is 0 Å². The van der Waals surface area contributed by atoms with E-state index in [0.29, 0.717) is 12.0 Å². The predicted octanol–water partition coefficient (Wildman–Crippen LogP) is 5.30. The molecule has 3 aromatic carbocycles. The zero-order valence-electron chi connectivity index (χ0n) is 16.2. The number of para-hydroxylation sites is 2. The third kappa shape index (κ3) is 2.51. The summed E-state index contributed by atoms with van der Waals surface area (Å²) in [7, 11) is 0. The molecule has 0 N–H and O–H groups in total. The molecule has 3 aromatic rings. The second kappa shape index (κ2) is 6.49. The number of hydrogen-bond donors (Lipinski definition) is 0. The Hall–Kier alpha value is -2.58. The number of rotatable bonds is 2. The van der Waals surface area contributed by atoms with Crippen molar-refractivity contribution in [3.8, 4) is 0 Å². The Morgan fingerprint density at radius 2 is 1.57 bits per heavy atom. The Morgan fingerprint density at radius 1 is 0.786 bits per heavy atom. The molecule has 2 heteroatoms. The van der Waals surface area contributed by atoms with Crippen LogP contribution in [-0.4, -0.2) is 24.0 Å². The van der Waals surface area contributed by atoms with Crippen molar-refractivity contribution in [1.82, 2.24) is 4.90 Å². The van der Waals surface area contributed by atoms with Crippen LogP contribution in [0.1, 0.15) is 34.6 Å². The first kappa shape index (κ1) is 16.4. The highest BCUT2D eigenvalue weighted by Gasteiger charge is 2.44. The maximum absolute atomic E-state index is 2.72. The van der Waals surface area contributed by atoms with Crippen LogP contribution < -0.4 is 4.90 Å². The Bertz CT molecular complexity index is 1010. The van der Waals surface area contributed by atoms with E-state index in [9.17, 15) is 0 Å². The van der Waals surface area contributed by atoms with Crippen molar-refractivity contribution in [1.29, 1.82) is 0 Å². The lowest BCUT2D eigenvalue weighted by Gasteiger charge is -2.39. The van der Waals surface area contributed by atoms with Gasteiger partial charge in [-0.15, -0.1) is 0 Å². The van der Waals surface area contributed by atoms with Gasteiger partial charge in [0.25, 0.3) is 0 Å². The standard InChI is InChI=1S/C26H26N2/c1-2-7-19(8-3-1)17-27-16-15-25-23(18-27)22-11-6-10-21-14-13-20-9-4-5-12-24(20)28(25)26(21)22/h1-12,23,25H,13-18H2/t23-,25+/m0/s1. The average molecular weight is 367 g/mol. The van der Waals surface area contributed by atoms with E-state index >= 15 is 0 Å². The third-order valence-corrected chi connectivity index (χ3v) is 6.95. The molecule has 0 amide bonds. The average Bonchev–Trinajstić information content (AvgIpc) is 2.97. The molecule has 3 heterocycles. The normalized spacial score (nSPS) is 22.9. The molecule has 0 aliphatic carbocycles.